The number of hydrogen-bond donors (Lipinski definition) is 1. The minimum Gasteiger partial charge on any atom is -0.618 e. The molecule has 24 heavy (non-hydrogen) atoms. The lowest BCUT2D eigenvalue weighted by Gasteiger charge is -2.12. The molecule has 1 heterocycles. The highest BCUT2D eigenvalue weighted by molar-refractivity contribution is 6.13. The van der Waals surface area contributed by atoms with Gasteiger partial charge in [-0.25, -0.2) is 0 Å². The molecule has 120 valence electrons. The predicted octanol–water partition coefficient (Wildman–Crippen LogP) is 3.42. The van der Waals surface area contributed by atoms with Crippen molar-refractivity contribution in [3.05, 3.63) is 88.3 Å². The number of pyridine rings is 1. The summed E-state index contributed by atoms with van der Waals surface area (Å²) < 4.78 is 0.713. The molecule has 0 spiro atoms. The van der Waals surface area contributed by atoms with E-state index in [1.54, 1.807) is 6.07 Å². The fourth-order valence-corrected chi connectivity index (χ4v) is 2.80. The van der Waals surface area contributed by atoms with Gasteiger partial charge in [0.1, 0.15) is 5.69 Å². The minimum atomic E-state index is -0.188. The van der Waals surface area contributed by atoms with Crippen LogP contribution >= 0.6 is 0 Å². The quantitative estimate of drug-likeness (QED) is 0.457. The van der Waals surface area contributed by atoms with E-state index in [9.17, 15) is 10.0 Å². The zero-order valence-corrected chi connectivity index (χ0v) is 13.6. The van der Waals surface area contributed by atoms with E-state index < -0.39 is 0 Å². The van der Waals surface area contributed by atoms with Gasteiger partial charge in [0.15, 0.2) is 12.0 Å². The van der Waals surface area contributed by atoms with Crippen molar-refractivity contribution in [1.82, 2.24) is 0 Å². The summed E-state index contributed by atoms with van der Waals surface area (Å²) in [6, 6.07) is 16.3. The van der Waals surface area contributed by atoms with Crippen molar-refractivity contribution in [2.75, 3.05) is 5.73 Å². The second-order valence-electron chi connectivity index (χ2n) is 5.83. The molecule has 0 saturated heterocycles. The Kier molecular flexibility index (Phi) is 4.04. The number of rotatable bonds is 3. The van der Waals surface area contributed by atoms with Gasteiger partial charge >= 0.3 is 0 Å². The van der Waals surface area contributed by atoms with Gasteiger partial charge in [0, 0.05) is 11.6 Å². The van der Waals surface area contributed by atoms with Gasteiger partial charge in [-0.2, -0.15) is 4.73 Å². The van der Waals surface area contributed by atoms with Crippen LogP contribution in [-0.2, 0) is 0 Å². The van der Waals surface area contributed by atoms with Crippen molar-refractivity contribution in [1.29, 1.82) is 0 Å². The lowest BCUT2D eigenvalue weighted by molar-refractivity contribution is -0.593. The second-order valence-corrected chi connectivity index (χ2v) is 5.83. The Balaban J connectivity index is 2.17. The summed E-state index contributed by atoms with van der Waals surface area (Å²) in [4.78, 5) is 12.8. The third kappa shape index (κ3) is 2.74. The number of hydrogen-bond acceptors (Lipinski definition) is 3. The fourth-order valence-electron chi connectivity index (χ4n) is 2.80. The Hall–Kier alpha value is -3.14. The Morgan fingerprint density at radius 2 is 1.79 bits per heavy atom. The summed E-state index contributed by atoms with van der Waals surface area (Å²) in [7, 11) is 0. The summed E-state index contributed by atoms with van der Waals surface area (Å²) in [5.74, 6) is -0.188. The van der Waals surface area contributed by atoms with Crippen molar-refractivity contribution in [3.63, 3.8) is 0 Å². The SMILES string of the molecule is Cc1cccc(C(=O)c2cc[n+]([O-])c(-c3ccccc3C)c2N)c1. The van der Waals surface area contributed by atoms with Crippen molar-refractivity contribution >= 4 is 11.5 Å². The molecule has 2 aromatic carbocycles. The lowest BCUT2D eigenvalue weighted by Crippen LogP contribution is -2.31. The molecule has 4 heteroatoms. The second kappa shape index (κ2) is 6.16. The lowest BCUT2D eigenvalue weighted by atomic mass is 9.97. The van der Waals surface area contributed by atoms with Gasteiger partial charge in [-0.1, -0.05) is 42.0 Å². The van der Waals surface area contributed by atoms with Gasteiger partial charge in [0.25, 0.3) is 0 Å². The smallest absolute Gasteiger partial charge is 0.247 e. The molecule has 0 aliphatic carbocycles. The topological polar surface area (TPSA) is 70.0 Å². The summed E-state index contributed by atoms with van der Waals surface area (Å²) in [6.07, 6.45) is 1.33. The van der Waals surface area contributed by atoms with Crippen LogP contribution in [0.25, 0.3) is 11.3 Å². The number of nitrogens with two attached hydrogens (primary N) is 1. The van der Waals surface area contributed by atoms with E-state index in [-0.39, 0.29) is 11.5 Å². The Labute approximate surface area is 140 Å². The molecule has 0 radical (unpaired) electrons. The average molecular weight is 318 g/mol. The van der Waals surface area contributed by atoms with E-state index >= 15 is 0 Å². The molecule has 1 aromatic heterocycles. The summed E-state index contributed by atoms with van der Waals surface area (Å²) in [5, 5.41) is 12.3. The van der Waals surface area contributed by atoms with Gasteiger partial charge in [0.2, 0.25) is 5.69 Å². The predicted molar refractivity (Wildman–Crippen MR) is 94.6 cm³/mol. The molecule has 3 rings (SSSR count). The first-order valence-corrected chi connectivity index (χ1v) is 7.68. The van der Waals surface area contributed by atoms with Crippen molar-refractivity contribution in [3.8, 4) is 11.3 Å². The van der Waals surface area contributed by atoms with Crippen LogP contribution < -0.4 is 10.5 Å². The summed E-state index contributed by atoms with van der Waals surface area (Å²) >= 11 is 0. The number of carbonyl (C=O) groups excluding carboxylic acids is 1. The number of ketones is 1. The number of aromatic nitrogens is 1. The maximum Gasteiger partial charge on any atom is 0.247 e. The zero-order valence-electron chi connectivity index (χ0n) is 13.6. The summed E-state index contributed by atoms with van der Waals surface area (Å²) in [6.45, 7) is 3.83. The van der Waals surface area contributed by atoms with E-state index in [0.717, 1.165) is 16.7 Å². The molecule has 2 N–H and O–H groups in total. The van der Waals surface area contributed by atoms with Crippen LogP contribution in [0.5, 0.6) is 0 Å². The first kappa shape index (κ1) is 15.7. The highest BCUT2D eigenvalue weighted by Gasteiger charge is 2.23. The van der Waals surface area contributed by atoms with E-state index in [2.05, 4.69) is 0 Å². The molecular formula is C20H18N2O2. The van der Waals surface area contributed by atoms with Crippen LogP contribution in [0.1, 0.15) is 27.0 Å². The number of benzene rings is 2. The van der Waals surface area contributed by atoms with E-state index in [1.165, 1.54) is 12.3 Å². The maximum atomic E-state index is 12.8. The Morgan fingerprint density at radius 3 is 2.50 bits per heavy atom. The highest BCUT2D eigenvalue weighted by atomic mass is 16.5. The van der Waals surface area contributed by atoms with Crippen molar-refractivity contribution in [2.45, 2.75) is 13.8 Å². The van der Waals surface area contributed by atoms with Crippen LogP contribution in [0.4, 0.5) is 5.69 Å². The monoisotopic (exact) mass is 318 g/mol. The van der Waals surface area contributed by atoms with Gasteiger partial charge in [-0.05, 0) is 31.5 Å². The molecule has 0 saturated carbocycles. The molecule has 0 unspecified atom stereocenters. The average Bonchev–Trinajstić information content (AvgIpc) is 2.56. The number of aryl methyl sites for hydroxylation is 2. The largest absolute Gasteiger partial charge is 0.618 e. The fraction of sp³-hybridized carbons (Fsp3) is 0.100. The van der Waals surface area contributed by atoms with E-state index in [0.29, 0.717) is 21.6 Å². The van der Waals surface area contributed by atoms with Gasteiger partial charge in [-0.15, -0.1) is 0 Å². The van der Waals surface area contributed by atoms with Gasteiger partial charge < -0.3 is 10.9 Å². The van der Waals surface area contributed by atoms with Crippen LogP contribution in [0.2, 0.25) is 0 Å². The number of anilines is 1. The molecule has 4 nitrogen and oxygen atoms in total. The first-order valence-electron chi connectivity index (χ1n) is 7.68. The molecule has 0 bridgehead atoms. The van der Waals surface area contributed by atoms with E-state index in [1.807, 2.05) is 56.3 Å². The van der Waals surface area contributed by atoms with Gasteiger partial charge in [-0.3, -0.25) is 4.79 Å². The van der Waals surface area contributed by atoms with Crippen LogP contribution in [-0.4, -0.2) is 5.78 Å². The Morgan fingerprint density at radius 1 is 1.04 bits per heavy atom. The Bertz CT molecular complexity index is 933. The number of nitrogen functional groups attached to an aromatic ring is 1. The maximum absolute atomic E-state index is 12.8. The minimum absolute atomic E-state index is 0.188. The third-order valence-corrected chi connectivity index (χ3v) is 4.07. The number of nitrogens with zero attached hydrogens (tertiary/aromatic N) is 1. The van der Waals surface area contributed by atoms with Gasteiger partial charge in [0.05, 0.1) is 11.1 Å². The molecule has 0 amide bonds. The molecule has 0 aliphatic rings. The van der Waals surface area contributed by atoms with Crippen LogP contribution in [0, 0.1) is 19.1 Å². The third-order valence-electron chi connectivity index (χ3n) is 4.07. The molecule has 3 aromatic rings. The van der Waals surface area contributed by atoms with Crippen molar-refractivity contribution < 1.29 is 9.52 Å². The summed E-state index contributed by atoms with van der Waals surface area (Å²) in [5.41, 5.74) is 10.3. The standard InChI is InChI=1S/C20H18N2O2/c1-13-6-5-8-15(12-13)20(23)17-10-11-22(24)19(18(17)21)16-9-4-3-7-14(16)2/h3-12H,21H2,1-2H3. The molecular weight excluding hydrogens is 300 g/mol. The molecule has 0 atom stereocenters. The normalized spacial score (nSPS) is 10.6. The molecule has 0 fully saturated rings. The number of carbonyl (C=O) groups is 1. The first-order chi connectivity index (χ1) is 11.5. The van der Waals surface area contributed by atoms with Crippen molar-refractivity contribution in [2.24, 2.45) is 0 Å². The van der Waals surface area contributed by atoms with Crippen LogP contribution in [0.3, 0.4) is 0 Å². The molecule has 0 aliphatic heterocycles. The van der Waals surface area contributed by atoms with Crippen LogP contribution in [0.15, 0.2) is 60.8 Å². The van der Waals surface area contributed by atoms with E-state index in [4.69, 9.17) is 5.73 Å². The zero-order chi connectivity index (χ0) is 17.3. The highest BCUT2D eigenvalue weighted by Crippen LogP contribution is 2.28.